The van der Waals surface area contributed by atoms with Crippen LogP contribution in [0.4, 0.5) is 0 Å². The molecule has 90 valence electrons. The molecule has 1 unspecified atom stereocenters. The van der Waals surface area contributed by atoms with Gasteiger partial charge in [0.2, 0.25) is 5.91 Å². The number of carbonyl (C=O) groups is 1. The van der Waals surface area contributed by atoms with Crippen LogP contribution in [0, 0.1) is 17.2 Å². The molecule has 1 heterocycles. The highest BCUT2D eigenvalue weighted by molar-refractivity contribution is 5.81. The molecular formula is C11H19N3O2. The van der Waals surface area contributed by atoms with Crippen LogP contribution in [-0.4, -0.2) is 42.6 Å². The molecule has 0 aromatic heterocycles. The van der Waals surface area contributed by atoms with E-state index in [1.54, 1.807) is 4.90 Å². The molecular weight excluding hydrogens is 206 g/mol. The first-order valence-electron chi connectivity index (χ1n) is 5.60. The summed E-state index contributed by atoms with van der Waals surface area (Å²) in [5, 5.41) is 8.73. The summed E-state index contributed by atoms with van der Waals surface area (Å²) in [5.74, 6) is 0.323. The monoisotopic (exact) mass is 225 g/mol. The fourth-order valence-corrected chi connectivity index (χ4v) is 1.77. The molecule has 2 atom stereocenters. The average Bonchev–Trinajstić information content (AvgIpc) is 2.27. The minimum Gasteiger partial charge on any atom is -0.360 e. The molecule has 5 heteroatoms. The van der Waals surface area contributed by atoms with Crippen molar-refractivity contribution in [3.05, 3.63) is 0 Å². The van der Waals surface area contributed by atoms with Crippen molar-refractivity contribution < 1.29 is 9.53 Å². The molecule has 0 bridgehead atoms. The van der Waals surface area contributed by atoms with Crippen LogP contribution < -0.4 is 5.73 Å². The van der Waals surface area contributed by atoms with Gasteiger partial charge in [-0.3, -0.25) is 4.79 Å². The molecule has 0 radical (unpaired) electrons. The summed E-state index contributed by atoms with van der Waals surface area (Å²) in [6.45, 7) is 5.34. The highest BCUT2D eigenvalue weighted by Crippen LogP contribution is 2.09. The minimum absolute atomic E-state index is 0.0720. The van der Waals surface area contributed by atoms with Crippen molar-refractivity contribution in [3.63, 3.8) is 0 Å². The molecule has 5 nitrogen and oxygen atoms in total. The van der Waals surface area contributed by atoms with Gasteiger partial charge < -0.3 is 15.4 Å². The van der Waals surface area contributed by atoms with Crippen molar-refractivity contribution in [1.82, 2.24) is 4.90 Å². The predicted octanol–water partition coefficient (Wildman–Crippen LogP) is 0.111. The molecule has 1 aliphatic heterocycles. The van der Waals surface area contributed by atoms with Crippen LogP contribution >= 0.6 is 0 Å². The molecule has 1 rings (SSSR count). The lowest BCUT2D eigenvalue weighted by atomic mass is 10.0. The Morgan fingerprint density at radius 3 is 2.94 bits per heavy atom. The molecule has 1 saturated heterocycles. The maximum Gasteiger partial charge on any atom is 0.239 e. The van der Waals surface area contributed by atoms with Gasteiger partial charge in [0.05, 0.1) is 25.3 Å². The van der Waals surface area contributed by atoms with E-state index in [4.69, 9.17) is 15.7 Å². The summed E-state index contributed by atoms with van der Waals surface area (Å²) in [7, 11) is 0. The number of ether oxygens (including phenoxy) is 1. The SMILES string of the molecule is CC(C)C[C@@H](N)C(=O)N1CCOC(C#N)C1. The molecule has 0 aliphatic carbocycles. The van der Waals surface area contributed by atoms with E-state index in [9.17, 15) is 4.79 Å². The fraction of sp³-hybridized carbons (Fsp3) is 0.818. The number of rotatable bonds is 3. The van der Waals surface area contributed by atoms with Gasteiger partial charge in [-0.1, -0.05) is 13.8 Å². The van der Waals surface area contributed by atoms with E-state index in [1.165, 1.54) is 0 Å². The number of hydrogen-bond acceptors (Lipinski definition) is 4. The van der Waals surface area contributed by atoms with Crippen molar-refractivity contribution in [1.29, 1.82) is 5.26 Å². The lowest BCUT2D eigenvalue weighted by Crippen LogP contribution is -2.51. The van der Waals surface area contributed by atoms with Gasteiger partial charge in [-0.2, -0.15) is 5.26 Å². The van der Waals surface area contributed by atoms with E-state index in [2.05, 4.69) is 0 Å². The number of hydrogen-bond donors (Lipinski definition) is 1. The van der Waals surface area contributed by atoms with Crippen LogP contribution in [0.5, 0.6) is 0 Å². The number of nitriles is 1. The van der Waals surface area contributed by atoms with Crippen molar-refractivity contribution in [2.24, 2.45) is 11.7 Å². The summed E-state index contributed by atoms with van der Waals surface area (Å²) in [6, 6.07) is 1.55. The van der Waals surface area contributed by atoms with Crippen LogP contribution in [-0.2, 0) is 9.53 Å². The maximum atomic E-state index is 11.9. The van der Waals surface area contributed by atoms with Crippen LogP contribution in [0.25, 0.3) is 0 Å². The van der Waals surface area contributed by atoms with Gasteiger partial charge >= 0.3 is 0 Å². The van der Waals surface area contributed by atoms with Crippen molar-refractivity contribution in [2.45, 2.75) is 32.4 Å². The van der Waals surface area contributed by atoms with Crippen molar-refractivity contribution >= 4 is 5.91 Å². The summed E-state index contributed by atoms with van der Waals surface area (Å²) in [5.41, 5.74) is 5.82. The van der Waals surface area contributed by atoms with E-state index in [0.29, 0.717) is 32.0 Å². The van der Waals surface area contributed by atoms with E-state index in [1.807, 2.05) is 19.9 Å². The number of amides is 1. The third-order valence-electron chi connectivity index (χ3n) is 2.56. The van der Waals surface area contributed by atoms with Crippen LogP contribution in [0.3, 0.4) is 0 Å². The predicted molar refractivity (Wildman–Crippen MR) is 59.4 cm³/mol. The van der Waals surface area contributed by atoms with Gasteiger partial charge in [-0.15, -0.1) is 0 Å². The summed E-state index contributed by atoms with van der Waals surface area (Å²) in [6.07, 6.45) is 0.164. The fourth-order valence-electron chi connectivity index (χ4n) is 1.77. The molecule has 16 heavy (non-hydrogen) atoms. The molecule has 1 aliphatic rings. The Hall–Kier alpha value is -1.12. The second kappa shape index (κ2) is 5.83. The Kier molecular flexibility index (Phi) is 4.71. The number of nitrogens with zero attached hydrogens (tertiary/aromatic N) is 2. The lowest BCUT2D eigenvalue weighted by Gasteiger charge is -2.31. The standard InChI is InChI=1S/C11H19N3O2/c1-8(2)5-10(13)11(15)14-3-4-16-9(6-12)7-14/h8-10H,3-5,7,13H2,1-2H3/t9?,10-/m1/s1. The van der Waals surface area contributed by atoms with Crippen LogP contribution in [0.15, 0.2) is 0 Å². The Morgan fingerprint density at radius 2 is 2.38 bits per heavy atom. The van der Waals surface area contributed by atoms with Gasteiger partial charge in [-0.25, -0.2) is 0 Å². The highest BCUT2D eigenvalue weighted by Gasteiger charge is 2.27. The molecule has 2 N–H and O–H groups in total. The van der Waals surface area contributed by atoms with Gasteiger partial charge in [-0.05, 0) is 12.3 Å². The number of nitrogens with two attached hydrogens (primary N) is 1. The van der Waals surface area contributed by atoms with E-state index in [0.717, 1.165) is 0 Å². The normalized spacial score (nSPS) is 22.9. The average molecular weight is 225 g/mol. The molecule has 0 aromatic carbocycles. The Morgan fingerprint density at radius 1 is 1.69 bits per heavy atom. The summed E-state index contributed by atoms with van der Waals surface area (Å²) < 4.78 is 5.17. The maximum absolute atomic E-state index is 11.9. The number of carbonyl (C=O) groups excluding carboxylic acids is 1. The third-order valence-corrected chi connectivity index (χ3v) is 2.56. The molecule has 0 saturated carbocycles. The second-order valence-corrected chi connectivity index (χ2v) is 4.51. The van der Waals surface area contributed by atoms with Crippen molar-refractivity contribution in [2.75, 3.05) is 19.7 Å². The Balaban J connectivity index is 2.50. The van der Waals surface area contributed by atoms with Crippen LogP contribution in [0.2, 0.25) is 0 Å². The quantitative estimate of drug-likeness (QED) is 0.739. The van der Waals surface area contributed by atoms with Gasteiger partial charge in [0, 0.05) is 6.54 Å². The zero-order valence-corrected chi connectivity index (χ0v) is 9.85. The third kappa shape index (κ3) is 3.47. The number of morpholine rings is 1. The topological polar surface area (TPSA) is 79.3 Å². The largest absolute Gasteiger partial charge is 0.360 e. The van der Waals surface area contributed by atoms with E-state index >= 15 is 0 Å². The summed E-state index contributed by atoms with van der Waals surface area (Å²) in [4.78, 5) is 13.6. The van der Waals surface area contributed by atoms with E-state index < -0.39 is 12.1 Å². The molecule has 0 spiro atoms. The van der Waals surface area contributed by atoms with Crippen LogP contribution in [0.1, 0.15) is 20.3 Å². The Labute approximate surface area is 96.2 Å². The van der Waals surface area contributed by atoms with Gasteiger partial charge in [0.15, 0.2) is 6.10 Å². The molecule has 0 aromatic rings. The Bertz CT molecular complexity index is 285. The summed E-state index contributed by atoms with van der Waals surface area (Å²) >= 11 is 0. The minimum atomic E-state index is -0.510. The zero-order valence-electron chi connectivity index (χ0n) is 9.85. The molecule has 1 amide bonds. The first kappa shape index (κ1) is 12.9. The lowest BCUT2D eigenvalue weighted by molar-refractivity contribution is -0.138. The zero-order chi connectivity index (χ0) is 12.1. The smallest absolute Gasteiger partial charge is 0.239 e. The molecule has 1 fully saturated rings. The van der Waals surface area contributed by atoms with E-state index in [-0.39, 0.29) is 5.91 Å². The highest BCUT2D eigenvalue weighted by atomic mass is 16.5. The first-order valence-corrected chi connectivity index (χ1v) is 5.60. The first-order chi connectivity index (χ1) is 7.54. The van der Waals surface area contributed by atoms with Gasteiger partial charge in [0.25, 0.3) is 0 Å². The van der Waals surface area contributed by atoms with Crippen molar-refractivity contribution in [3.8, 4) is 6.07 Å². The van der Waals surface area contributed by atoms with Gasteiger partial charge in [0.1, 0.15) is 0 Å². The second-order valence-electron chi connectivity index (χ2n) is 4.51.